The Hall–Kier alpha value is -2.74. The summed E-state index contributed by atoms with van der Waals surface area (Å²) in [5, 5.41) is 0. The second kappa shape index (κ2) is 10.5. The molecule has 1 saturated heterocycles. The van der Waals surface area contributed by atoms with Crippen LogP contribution in [0.4, 0.5) is 0 Å². The zero-order chi connectivity index (χ0) is 24.1. The van der Waals surface area contributed by atoms with Crippen LogP contribution in [0.2, 0.25) is 0 Å². The van der Waals surface area contributed by atoms with Gasteiger partial charge in [0.2, 0.25) is 26.0 Å². The fourth-order valence-electron chi connectivity index (χ4n) is 3.34. The molecule has 1 fully saturated rings. The summed E-state index contributed by atoms with van der Waals surface area (Å²) in [7, 11) is -4.67. The van der Waals surface area contributed by atoms with Gasteiger partial charge in [0.1, 0.15) is 4.90 Å². The molecule has 2 heterocycles. The van der Waals surface area contributed by atoms with Crippen molar-refractivity contribution in [2.45, 2.75) is 16.2 Å². The molecule has 2 aromatic rings. The number of pyridine rings is 1. The van der Waals surface area contributed by atoms with E-state index >= 15 is 0 Å². The number of benzene rings is 1. The SMILES string of the molecule is COc1ccc(S(=O)(=O)NCCC(=O)N2CCN(S(=O)(=O)c3cccnc3)CC2)cc1OC. The van der Waals surface area contributed by atoms with Crippen molar-refractivity contribution >= 4 is 26.0 Å². The monoisotopic (exact) mass is 498 g/mol. The first-order chi connectivity index (χ1) is 15.7. The number of methoxy groups -OCH3 is 2. The van der Waals surface area contributed by atoms with Gasteiger partial charge in [0, 0.05) is 57.6 Å². The zero-order valence-corrected chi connectivity index (χ0v) is 19.9. The number of amides is 1. The highest BCUT2D eigenvalue weighted by atomic mass is 32.2. The van der Waals surface area contributed by atoms with Crippen LogP contribution in [-0.2, 0) is 24.8 Å². The van der Waals surface area contributed by atoms with Crippen LogP contribution >= 0.6 is 0 Å². The third-order valence-corrected chi connectivity index (χ3v) is 8.50. The minimum Gasteiger partial charge on any atom is -0.493 e. The van der Waals surface area contributed by atoms with Gasteiger partial charge in [-0.1, -0.05) is 0 Å². The van der Waals surface area contributed by atoms with Crippen molar-refractivity contribution in [2.75, 3.05) is 46.9 Å². The van der Waals surface area contributed by atoms with Gasteiger partial charge >= 0.3 is 0 Å². The molecule has 0 aliphatic carbocycles. The van der Waals surface area contributed by atoms with Crippen LogP contribution in [0.25, 0.3) is 0 Å². The zero-order valence-electron chi connectivity index (χ0n) is 18.3. The van der Waals surface area contributed by atoms with E-state index in [1.807, 2.05) is 0 Å². The number of nitrogens with zero attached hydrogens (tertiary/aromatic N) is 3. The summed E-state index contributed by atoms with van der Waals surface area (Å²) < 4.78 is 64.3. The van der Waals surface area contributed by atoms with E-state index in [1.165, 1.54) is 60.1 Å². The Balaban J connectivity index is 1.52. The maximum Gasteiger partial charge on any atom is 0.244 e. The maximum atomic E-state index is 12.7. The number of nitrogens with one attached hydrogen (secondary N) is 1. The van der Waals surface area contributed by atoms with Crippen molar-refractivity contribution in [1.29, 1.82) is 0 Å². The van der Waals surface area contributed by atoms with Gasteiger partial charge in [0.05, 0.1) is 19.1 Å². The van der Waals surface area contributed by atoms with Crippen LogP contribution in [0.3, 0.4) is 0 Å². The number of carbonyl (C=O) groups excluding carboxylic acids is 1. The van der Waals surface area contributed by atoms with Gasteiger partial charge in [-0.05, 0) is 24.3 Å². The van der Waals surface area contributed by atoms with E-state index in [2.05, 4.69) is 9.71 Å². The third kappa shape index (κ3) is 5.79. The van der Waals surface area contributed by atoms with Crippen LogP contribution in [0, 0.1) is 0 Å². The Bertz CT molecular complexity index is 1180. The molecule has 1 amide bonds. The molecule has 3 rings (SSSR count). The van der Waals surface area contributed by atoms with Crippen LogP contribution in [0.1, 0.15) is 6.42 Å². The highest BCUT2D eigenvalue weighted by molar-refractivity contribution is 7.89. The van der Waals surface area contributed by atoms with Gasteiger partial charge in [0.15, 0.2) is 11.5 Å². The lowest BCUT2D eigenvalue weighted by atomic mass is 10.3. The molecule has 0 bridgehead atoms. The molecule has 1 aliphatic rings. The fraction of sp³-hybridized carbons (Fsp3) is 0.400. The molecule has 1 aliphatic heterocycles. The number of piperazine rings is 1. The quantitative estimate of drug-likeness (QED) is 0.522. The number of aromatic nitrogens is 1. The summed E-state index contributed by atoms with van der Waals surface area (Å²) in [5.41, 5.74) is 0. The van der Waals surface area contributed by atoms with E-state index < -0.39 is 20.0 Å². The van der Waals surface area contributed by atoms with Gasteiger partial charge in [-0.3, -0.25) is 9.78 Å². The first-order valence-corrected chi connectivity index (χ1v) is 13.0. The first kappa shape index (κ1) is 24.9. The summed E-state index contributed by atoms with van der Waals surface area (Å²) in [6.45, 7) is 0.659. The number of rotatable bonds is 9. The second-order valence-electron chi connectivity index (χ2n) is 7.14. The third-order valence-electron chi connectivity index (χ3n) is 5.16. The van der Waals surface area contributed by atoms with Crippen molar-refractivity contribution < 1.29 is 31.1 Å². The van der Waals surface area contributed by atoms with Gasteiger partial charge in [-0.15, -0.1) is 0 Å². The Morgan fingerprint density at radius 3 is 2.30 bits per heavy atom. The Labute approximate surface area is 193 Å². The smallest absolute Gasteiger partial charge is 0.244 e. The van der Waals surface area contributed by atoms with Crippen molar-refractivity contribution in [1.82, 2.24) is 18.9 Å². The molecule has 33 heavy (non-hydrogen) atoms. The summed E-state index contributed by atoms with van der Waals surface area (Å²) in [6, 6.07) is 7.23. The topological polar surface area (TPSA) is 135 Å². The van der Waals surface area contributed by atoms with E-state index in [0.29, 0.717) is 5.75 Å². The molecular weight excluding hydrogens is 472 g/mol. The standard InChI is InChI=1S/C20H26N4O7S2/c1-30-18-6-5-16(14-19(18)31-2)32(26,27)22-9-7-20(25)23-10-12-24(13-11-23)33(28,29)17-4-3-8-21-15-17/h3-6,8,14-15,22H,7,9-13H2,1-2H3. The van der Waals surface area contributed by atoms with Gasteiger partial charge in [-0.25, -0.2) is 21.6 Å². The molecule has 0 spiro atoms. The van der Waals surface area contributed by atoms with Crippen molar-refractivity contribution in [2.24, 2.45) is 0 Å². The largest absolute Gasteiger partial charge is 0.493 e. The summed E-state index contributed by atoms with van der Waals surface area (Å²) in [4.78, 5) is 18.0. The normalized spacial score (nSPS) is 15.3. The highest BCUT2D eigenvalue weighted by Crippen LogP contribution is 2.29. The van der Waals surface area contributed by atoms with E-state index in [-0.39, 0.29) is 60.6 Å². The lowest BCUT2D eigenvalue weighted by Gasteiger charge is -2.34. The molecular formula is C20H26N4O7S2. The van der Waals surface area contributed by atoms with Crippen LogP contribution in [0.15, 0.2) is 52.5 Å². The van der Waals surface area contributed by atoms with Crippen LogP contribution < -0.4 is 14.2 Å². The Morgan fingerprint density at radius 1 is 1.00 bits per heavy atom. The predicted octanol–water partition coefficient (Wildman–Crippen LogP) is 0.300. The van der Waals surface area contributed by atoms with Crippen LogP contribution in [0.5, 0.6) is 11.5 Å². The van der Waals surface area contributed by atoms with Gasteiger partial charge in [0.25, 0.3) is 0 Å². The fourth-order valence-corrected chi connectivity index (χ4v) is 5.78. The lowest BCUT2D eigenvalue weighted by molar-refractivity contribution is -0.132. The molecule has 0 atom stereocenters. The van der Waals surface area contributed by atoms with E-state index in [4.69, 9.17) is 9.47 Å². The molecule has 13 heteroatoms. The number of carbonyl (C=O) groups is 1. The minimum absolute atomic E-state index is 0.0122. The van der Waals surface area contributed by atoms with Crippen LogP contribution in [-0.4, -0.2) is 83.9 Å². The maximum absolute atomic E-state index is 12.7. The van der Waals surface area contributed by atoms with Crippen molar-refractivity contribution in [3.63, 3.8) is 0 Å². The summed E-state index contributed by atoms with van der Waals surface area (Å²) in [5.74, 6) is 0.412. The van der Waals surface area contributed by atoms with Crippen molar-refractivity contribution in [3.05, 3.63) is 42.7 Å². The average molecular weight is 499 g/mol. The molecule has 180 valence electrons. The summed E-state index contributed by atoms with van der Waals surface area (Å²) >= 11 is 0. The Kier molecular flexibility index (Phi) is 7.89. The number of hydrogen-bond donors (Lipinski definition) is 1. The van der Waals surface area contributed by atoms with E-state index in [1.54, 1.807) is 6.07 Å². The molecule has 1 N–H and O–H groups in total. The molecule has 1 aromatic carbocycles. The number of ether oxygens (including phenoxy) is 2. The molecule has 0 radical (unpaired) electrons. The van der Waals surface area contributed by atoms with Gasteiger partial charge in [-0.2, -0.15) is 4.31 Å². The number of sulfonamides is 2. The highest BCUT2D eigenvalue weighted by Gasteiger charge is 2.30. The van der Waals surface area contributed by atoms with Crippen molar-refractivity contribution in [3.8, 4) is 11.5 Å². The second-order valence-corrected chi connectivity index (χ2v) is 10.8. The first-order valence-electron chi connectivity index (χ1n) is 10.1. The number of hydrogen-bond acceptors (Lipinski definition) is 8. The molecule has 11 nitrogen and oxygen atoms in total. The molecule has 0 saturated carbocycles. The lowest BCUT2D eigenvalue weighted by Crippen LogP contribution is -2.50. The summed E-state index contributed by atoms with van der Waals surface area (Å²) in [6.07, 6.45) is 2.73. The average Bonchev–Trinajstić information content (AvgIpc) is 2.84. The molecule has 0 unspecified atom stereocenters. The van der Waals surface area contributed by atoms with Gasteiger partial charge < -0.3 is 14.4 Å². The van der Waals surface area contributed by atoms with E-state index in [9.17, 15) is 21.6 Å². The minimum atomic E-state index is -3.85. The predicted molar refractivity (Wildman–Crippen MR) is 119 cm³/mol. The molecule has 1 aromatic heterocycles. The Morgan fingerprint density at radius 2 is 1.70 bits per heavy atom. The van der Waals surface area contributed by atoms with E-state index in [0.717, 1.165) is 0 Å².